The van der Waals surface area contributed by atoms with Gasteiger partial charge in [0.1, 0.15) is 0 Å². The molecule has 1 aromatic rings. The molecule has 0 aliphatic heterocycles. The van der Waals surface area contributed by atoms with Gasteiger partial charge in [-0.05, 0) is 37.9 Å². The molecular weight excluding hydrogens is 228 g/mol. The van der Waals surface area contributed by atoms with Gasteiger partial charge in [-0.1, -0.05) is 5.92 Å². The molecule has 1 aromatic heterocycles. The number of nitrogens with one attached hydrogen (secondary N) is 1. The van der Waals surface area contributed by atoms with E-state index in [4.69, 9.17) is 6.42 Å². The molecule has 0 atom stereocenters. The van der Waals surface area contributed by atoms with Crippen molar-refractivity contribution in [3.05, 3.63) is 21.9 Å². The van der Waals surface area contributed by atoms with Gasteiger partial charge in [0, 0.05) is 29.4 Å². The number of thiophene rings is 1. The van der Waals surface area contributed by atoms with Crippen LogP contribution < -0.4 is 5.32 Å². The van der Waals surface area contributed by atoms with Gasteiger partial charge in [0.2, 0.25) is 0 Å². The van der Waals surface area contributed by atoms with Crippen LogP contribution in [0.4, 0.5) is 0 Å². The first-order valence-electron chi connectivity index (χ1n) is 6.20. The van der Waals surface area contributed by atoms with Crippen molar-refractivity contribution in [1.82, 2.24) is 10.2 Å². The number of terminal acetylenes is 1. The largest absolute Gasteiger partial charge is 0.315 e. The van der Waals surface area contributed by atoms with Gasteiger partial charge in [-0.25, -0.2) is 0 Å². The molecular formula is C14H20N2S. The van der Waals surface area contributed by atoms with Crippen molar-refractivity contribution >= 4 is 11.3 Å². The van der Waals surface area contributed by atoms with Crippen molar-refractivity contribution < 1.29 is 0 Å². The van der Waals surface area contributed by atoms with Crippen LogP contribution in [0.1, 0.15) is 22.6 Å². The maximum atomic E-state index is 5.43. The molecule has 2 nitrogen and oxygen atoms in total. The summed E-state index contributed by atoms with van der Waals surface area (Å²) in [5, 5.41) is 3.18. The second-order valence-corrected chi connectivity index (χ2v) is 5.97. The Balaban J connectivity index is 1.88. The van der Waals surface area contributed by atoms with Gasteiger partial charge in [-0.15, -0.1) is 17.8 Å². The van der Waals surface area contributed by atoms with Gasteiger partial charge in [0.25, 0.3) is 0 Å². The molecule has 2 rings (SSSR count). The van der Waals surface area contributed by atoms with Crippen molar-refractivity contribution in [2.75, 3.05) is 20.1 Å². The lowest BCUT2D eigenvalue weighted by Gasteiger charge is -2.18. The molecule has 1 saturated carbocycles. The Morgan fingerprint density at radius 1 is 1.47 bits per heavy atom. The van der Waals surface area contributed by atoms with Gasteiger partial charge < -0.3 is 5.32 Å². The van der Waals surface area contributed by atoms with Gasteiger partial charge in [0.15, 0.2) is 0 Å². The van der Waals surface area contributed by atoms with Crippen LogP contribution in [-0.2, 0) is 13.1 Å². The zero-order valence-electron chi connectivity index (χ0n) is 10.4. The van der Waals surface area contributed by atoms with Gasteiger partial charge >= 0.3 is 0 Å². The maximum Gasteiger partial charge on any atom is 0.0602 e. The van der Waals surface area contributed by atoms with Gasteiger partial charge in [-0.2, -0.15) is 0 Å². The Labute approximate surface area is 108 Å². The molecule has 0 saturated heterocycles. The van der Waals surface area contributed by atoms with Gasteiger partial charge in [0.05, 0.1) is 6.54 Å². The summed E-state index contributed by atoms with van der Waals surface area (Å²) in [6.07, 6.45) is 8.20. The SMILES string of the molecule is C#CCN(Cc1ccc(CNC)s1)CC1CC1. The van der Waals surface area contributed by atoms with Crippen LogP contribution in [0.3, 0.4) is 0 Å². The number of nitrogens with zero attached hydrogens (tertiary/aromatic N) is 1. The third-order valence-corrected chi connectivity index (χ3v) is 4.05. The Morgan fingerprint density at radius 3 is 2.88 bits per heavy atom. The molecule has 0 bridgehead atoms. The predicted octanol–water partition coefficient (Wildman–Crippen LogP) is 2.31. The number of hydrogen-bond acceptors (Lipinski definition) is 3. The van der Waals surface area contributed by atoms with Crippen molar-refractivity contribution in [3.8, 4) is 12.3 Å². The number of hydrogen-bond donors (Lipinski definition) is 1. The summed E-state index contributed by atoms with van der Waals surface area (Å²) in [5.41, 5.74) is 0. The Morgan fingerprint density at radius 2 is 2.24 bits per heavy atom. The van der Waals surface area contributed by atoms with E-state index in [9.17, 15) is 0 Å². The topological polar surface area (TPSA) is 15.3 Å². The molecule has 92 valence electrons. The lowest BCUT2D eigenvalue weighted by molar-refractivity contribution is 0.289. The summed E-state index contributed by atoms with van der Waals surface area (Å²) in [6.45, 7) is 3.91. The predicted molar refractivity (Wildman–Crippen MR) is 73.9 cm³/mol. The standard InChI is InChI=1S/C14H20N2S/c1-3-8-16(10-12-4-5-12)11-14-7-6-13(17-14)9-15-2/h1,6-7,12,15H,4-5,8-11H2,2H3. The van der Waals surface area contributed by atoms with E-state index in [1.54, 1.807) is 0 Å². The van der Waals surface area contributed by atoms with E-state index in [2.05, 4.69) is 28.3 Å². The fraction of sp³-hybridized carbons (Fsp3) is 0.571. The molecule has 1 fully saturated rings. The lowest BCUT2D eigenvalue weighted by Crippen LogP contribution is -2.25. The van der Waals surface area contributed by atoms with Crippen LogP contribution in [0.2, 0.25) is 0 Å². The molecule has 1 N–H and O–H groups in total. The molecule has 0 aromatic carbocycles. The summed E-state index contributed by atoms with van der Waals surface area (Å²) in [4.78, 5) is 5.22. The van der Waals surface area contributed by atoms with Gasteiger partial charge in [-0.3, -0.25) is 4.90 Å². The first-order chi connectivity index (χ1) is 8.31. The summed E-state index contributed by atoms with van der Waals surface area (Å²) in [6, 6.07) is 4.44. The monoisotopic (exact) mass is 248 g/mol. The summed E-state index contributed by atoms with van der Waals surface area (Å²) in [5.74, 6) is 3.67. The van der Waals surface area contributed by atoms with E-state index in [0.717, 1.165) is 25.6 Å². The van der Waals surface area contributed by atoms with E-state index in [0.29, 0.717) is 0 Å². The van der Waals surface area contributed by atoms with E-state index < -0.39 is 0 Å². The van der Waals surface area contributed by atoms with Crippen molar-refractivity contribution in [2.45, 2.75) is 25.9 Å². The Bertz CT molecular complexity index is 387. The highest BCUT2D eigenvalue weighted by Crippen LogP contribution is 2.30. The van der Waals surface area contributed by atoms with Crippen LogP contribution in [0, 0.1) is 18.3 Å². The summed E-state index contributed by atoms with van der Waals surface area (Å²) >= 11 is 1.89. The Kier molecular flexibility index (Phi) is 4.61. The minimum Gasteiger partial charge on any atom is -0.315 e. The fourth-order valence-electron chi connectivity index (χ4n) is 1.98. The van der Waals surface area contributed by atoms with Crippen LogP contribution in [-0.4, -0.2) is 25.0 Å². The van der Waals surface area contributed by atoms with E-state index in [1.807, 2.05) is 18.4 Å². The van der Waals surface area contributed by atoms with Crippen molar-refractivity contribution in [3.63, 3.8) is 0 Å². The summed E-state index contributed by atoms with van der Waals surface area (Å²) < 4.78 is 0. The third-order valence-electron chi connectivity index (χ3n) is 2.98. The molecule has 17 heavy (non-hydrogen) atoms. The maximum absolute atomic E-state index is 5.43. The summed E-state index contributed by atoms with van der Waals surface area (Å²) in [7, 11) is 1.98. The smallest absolute Gasteiger partial charge is 0.0602 e. The highest BCUT2D eigenvalue weighted by atomic mass is 32.1. The van der Waals surface area contributed by atoms with Crippen molar-refractivity contribution in [2.24, 2.45) is 5.92 Å². The highest BCUT2D eigenvalue weighted by molar-refractivity contribution is 7.11. The minimum absolute atomic E-state index is 0.774. The molecule has 1 aliphatic carbocycles. The average molecular weight is 248 g/mol. The highest BCUT2D eigenvalue weighted by Gasteiger charge is 2.24. The van der Waals surface area contributed by atoms with Crippen LogP contribution in [0.15, 0.2) is 12.1 Å². The molecule has 1 aliphatic rings. The first-order valence-corrected chi connectivity index (χ1v) is 7.01. The second-order valence-electron chi connectivity index (χ2n) is 4.72. The average Bonchev–Trinajstić information content (AvgIpc) is 3.00. The molecule has 3 heteroatoms. The molecule has 0 spiro atoms. The zero-order chi connectivity index (χ0) is 12.1. The molecule has 0 amide bonds. The quantitative estimate of drug-likeness (QED) is 0.745. The normalized spacial score (nSPS) is 15.1. The van der Waals surface area contributed by atoms with Crippen molar-refractivity contribution in [1.29, 1.82) is 0 Å². The number of rotatable bonds is 7. The van der Waals surface area contributed by atoms with Crippen LogP contribution in [0.5, 0.6) is 0 Å². The fourth-order valence-corrected chi connectivity index (χ4v) is 3.05. The molecule has 0 unspecified atom stereocenters. The second kappa shape index (κ2) is 6.20. The van der Waals surface area contributed by atoms with E-state index in [-0.39, 0.29) is 0 Å². The lowest BCUT2D eigenvalue weighted by atomic mass is 10.3. The van der Waals surface area contributed by atoms with E-state index >= 15 is 0 Å². The minimum atomic E-state index is 0.774. The zero-order valence-corrected chi connectivity index (χ0v) is 11.2. The van der Waals surface area contributed by atoms with Crippen LogP contribution in [0.25, 0.3) is 0 Å². The molecule has 0 radical (unpaired) electrons. The molecule has 1 heterocycles. The Hall–Kier alpha value is -0.820. The van der Waals surface area contributed by atoms with Crippen LogP contribution >= 0.6 is 11.3 Å². The van der Waals surface area contributed by atoms with E-state index in [1.165, 1.54) is 29.1 Å². The first kappa shape index (κ1) is 12.6. The third kappa shape index (κ3) is 4.16.